The average Bonchev–Trinajstić information content (AvgIpc) is 2.73. The lowest BCUT2D eigenvalue weighted by atomic mass is 10.0. The summed E-state index contributed by atoms with van der Waals surface area (Å²) in [5, 5.41) is 3.40. The van der Waals surface area contributed by atoms with Crippen molar-refractivity contribution in [2.24, 2.45) is 0 Å². The van der Waals surface area contributed by atoms with Gasteiger partial charge in [0.1, 0.15) is 5.76 Å². The lowest BCUT2D eigenvalue weighted by Gasteiger charge is -2.30. The molecule has 3 aromatic rings. The second-order valence-corrected chi connectivity index (χ2v) is 8.11. The highest BCUT2D eigenvalue weighted by molar-refractivity contribution is 6.05. The largest absolute Gasteiger partial charge is 0.455 e. The van der Waals surface area contributed by atoms with Gasteiger partial charge in [0.05, 0.1) is 10.9 Å². The minimum Gasteiger partial charge on any atom is -0.455 e. The summed E-state index contributed by atoms with van der Waals surface area (Å²) in [4.78, 5) is 28.2. The van der Waals surface area contributed by atoms with E-state index in [-0.39, 0.29) is 11.3 Å². The van der Waals surface area contributed by atoms with E-state index >= 15 is 0 Å². The molecule has 0 spiro atoms. The van der Waals surface area contributed by atoms with Crippen molar-refractivity contribution >= 4 is 16.9 Å². The average molecular weight is 407 g/mol. The molecular weight excluding hydrogens is 376 g/mol. The van der Waals surface area contributed by atoms with Gasteiger partial charge in [0.2, 0.25) is 0 Å². The van der Waals surface area contributed by atoms with E-state index in [0.717, 1.165) is 12.1 Å². The minimum atomic E-state index is -0.237. The highest BCUT2D eigenvalue weighted by Gasteiger charge is 2.19. The van der Waals surface area contributed by atoms with Gasteiger partial charge in [-0.25, -0.2) is 0 Å². The Bertz CT molecular complexity index is 1080. The van der Waals surface area contributed by atoms with Crippen LogP contribution in [-0.4, -0.2) is 36.0 Å². The van der Waals surface area contributed by atoms with E-state index in [4.69, 9.17) is 4.42 Å². The molecule has 158 valence electrons. The molecule has 30 heavy (non-hydrogen) atoms. The Kier molecular flexibility index (Phi) is 6.73. The van der Waals surface area contributed by atoms with E-state index < -0.39 is 0 Å². The number of fused-ring (bicyclic) bond motifs is 1. The Morgan fingerprint density at radius 2 is 1.67 bits per heavy atom. The fourth-order valence-corrected chi connectivity index (χ4v) is 3.86. The van der Waals surface area contributed by atoms with Crippen LogP contribution in [0.15, 0.2) is 57.7 Å². The summed E-state index contributed by atoms with van der Waals surface area (Å²) in [6.07, 6.45) is 0. The predicted molar refractivity (Wildman–Crippen MR) is 122 cm³/mol. The summed E-state index contributed by atoms with van der Waals surface area (Å²) in [6, 6.07) is 15.4. The highest BCUT2D eigenvalue weighted by Crippen LogP contribution is 2.27. The molecule has 0 aliphatic heterocycles. The van der Waals surface area contributed by atoms with E-state index in [1.807, 2.05) is 30.3 Å². The van der Waals surface area contributed by atoms with Gasteiger partial charge in [0.15, 0.2) is 11.0 Å². The first-order chi connectivity index (χ1) is 14.3. The smallest absolute Gasteiger partial charge is 0.255 e. The van der Waals surface area contributed by atoms with Gasteiger partial charge in [-0.1, -0.05) is 36.4 Å². The molecule has 0 fully saturated rings. The van der Waals surface area contributed by atoms with Crippen LogP contribution in [0, 0.1) is 6.92 Å². The molecule has 1 N–H and O–H groups in total. The maximum Gasteiger partial charge on any atom is 0.255 e. The third-order valence-electron chi connectivity index (χ3n) is 5.41. The monoisotopic (exact) mass is 406 g/mol. The van der Waals surface area contributed by atoms with E-state index in [0.29, 0.717) is 46.5 Å². The number of hydrogen-bond acceptors (Lipinski definition) is 4. The summed E-state index contributed by atoms with van der Waals surface area (Å²) in [5.74, 6) is 0.262. The van der Waals surface area contributed by atoms with Crippen molar-refractivity contribution in [3.05, 3.63) is 69.9 Å². The fourth-order valence-electron chi connectivity index (χ4n) is 3.86. The summed E-state index contributed by atoms with van der Waals surface area (Å²) < 4.78 is 6.14. The van der Waals surface area contributed by atoms with Crippen molar-refractivity contribution in [2.45, 2.75) is 46.7 Å². The van der Waals surface area contributed by atoms with Crippen LogP contribution >= 0.6 is 0 Å². The molecule has 1 amide bonds. The van der Waals surface area contributed by atoms with E-state index in [1.165, 1.54) is 0 Å². The van der Waals surface area contributed by atoms with E-state index in [1.54, 1.807) is 25.1 Å². The quantitative estimate of drug-likeness (QED) is 0.622. The van der Waals surface area contributed by atoms with Crippen molar-refractivity contribution in [2.75, 3.05) is 13.1 Å². The summed E-state index contributed by atoms with van der Waals surface area (Å²) in [5.41, 5.74) is 1.94. The van der Waals surface area contributed by atoms with Crippen LogP contribution in [0.4, 0.5) is 0 Å². The second-order valence-electron chi connectivity index (χ2n) is 8.11. The molecule has 0 saturated heterocycles. The first kappa shape index (κ1) is 21.8. The van der Waals surface area contributed by atoms with Crippen LogP contribution in [0.1, 0.15) is 43.6 Å². The maximum absolute atomic E-state index is 13.0. The molecule has 5 nitrogen and oxygen atoms in total. The number of nitrogens with zero attached hydrogens (tertiary/aromatic N) is 1. The van der Waals surface area contributed by atoms with Crippen molar-refractivity contribution in [1.29, 1.82) is 0 Å². The third kappa shape index (κ3) is 4.46. The first-order valence-electron chi connectivity index (χ1n) is 10.5. The molecule has 1 aromatic heterocycles. The molecule has 0 radical (unpaired) electrons. The maximum atomic E-state index is 13.0. The van der Waals surface area contributed by atoms with Gasteiger partial charge < -0.3 is 9.73 Å². The molecule has 1 heterocycles. The Morgan fingerprint density at radius 3 is 2.30 bits per heavy atom. The van der Waals surface area contributed by atoms with Gasteiger partial charge in [-0.2, -0.15) is 0 Å². The molecule has 0 aliphatic rings. The van der Waals surface area contributed by atoms with Gasteiger partial charge in [-0.05, 0) is 46.8 Å². The standard InChI is InChI=1S/C25H30N2O3/c1-16(2)27(17(3)4)15-14-26-25(29)21-13-9-12-20-22(28)18(5)23(30-24(20)21)19-10-7-6-8-11-19/h6-13,16-17H,14-15H2,1-5H3,(H,26,29). The molecule has 0 unspecified atom stereocenters. The van der Waals surface area contributed by atoms with Gasteiger partial charge in [-0.3, -0.25) is 14.5 Å². The molecule has 5 heteroatoms. The number of carbonyl (C=O) groups excluding carboxylic acids is 1. The fraction of sp³-hybridized carbons (Fsp3) is 0.360. The zero-order chi connectivity index (χ0) is 21.8. The molecule has 0 bridgehead atoms. The molecular formula is C25H30N2O3. The Hall–Kier alpha value is -2.92. The number of nitrogens with one attached hydrogen (secondary N) is 1. The zero-order valence-electron chi connectivity index (χ0n) is 18.4. The van der Waals surface area contributed by atoms with Crippen molar-refractivity contribution in [3.8, 4) is 11.3 Å². The van der Waals surface area contributed by atoms with E-state index in [9.17, 15) is 9.59 Å². The third-order valence-corrected chi connectivity index (χ3v) is 5.41. The van der Waals surface area contributed by atoms with Crippen LogP contribution < -0.4 is 10.7 Å². The number of rotatable bonds is 7. The normalized spacial score (nSPS) is 11.6. The Morgan fingerprint density at radius 1 is 1.00 bits per heavy atom. The summed E-state index contributed by atoms with van der Waals surface area (Å²) >= 11 is 0. The van der Waals surface area contributed by atoms with Crippen molar-refractivity contribution in [1.82, 2.24) is 10.2 Å². The van der Waals surface area contributed by atoms with Crippen LogP contribution in [0.2, 0.25) is 0 Å². The van der Waals surface area contributed by atoms with Crippen LogP contribution in [0.3, 0.4) is 0 Å². The van der Waals surface area contributed by atoms with E-state index in [2.05, 4.69) is 37.9 Å². The van der Waals surface area contributed by atoms with Gasteiger partial charge in [-0.15, -0.1) is 0 Å². The van der Waals surface area contributed by atoms with Crippen LogP contribution in [0.25, 0.3) is 22.3 Å². The van der Waals surface area contributed by atoms with Gasteiger partial charge in [0, 0.05) is 36.3 Å². The summed E-state index contributed by atoms with van der Waals surface area (Å²) in [7, 11) is 0. The van der Waals surface area contributed by atoms with Crippen LogP contribution in [0.5, 0.6) is 0 Å². The molecule has 0 saturated carbocycles. The Balaban J connectivity index is 1.94. The number of para-hydroxylation sites is 1. The number of hydrogen-bond donors (Lipinski definition) is 1. The van der Waals surface area contributed by atoms with Gasteiger partial charge in [0.25, 0.3) is 5.91 Å². The topological polar surface area (TPSA) is 62.6 Å². The lowest BCUT2D eigenvalue weighted by molar-refractivity contribution is 0.0940. The number of carbonyl (C=O) groups is 1. The zero-order valence-corrected chi connectivity index (χ0v) is 18.4. The number of amides is 1. The SMILES string of the molecule is Cc1c(-c2ccccc2)oc2c(C(=O)NCCN(C(C)C)C(C)C)cccc2c1=O. The Labute approximate surface area is 177 Å². The molecule has 2 aromatic carbocycles. The first-order valence-corrected chi connectivity index (χ1v) is 10.5. The predicted octanol–water partition coefficient (Wildman–Crippen LogP) is 4.62. The number of benzene rings is 2. The minimum absolute atomic E-state index is 0.115. The molecule has 3 rings (SSSR count). The van der Waals surface area contributed by atoms with Crippen LogP contribution in [-0.2, 0) is 0 Å². The van der Waals surface area contributed by atoms with Crippen molar-refractivity contribution in [3.63, 3.8) is 0 Å². The highest BCUT2D eigenvalue weighted by atomic mass is 16.3. The molecule has 0 atom stereocenters. The summed E-state index contributed by atoms with van der Waals surface area (Å²) in [6.45, 7) is 11.6. The molecule has 0 aliphatic carbocycles. The van der Waals surface area contributed by atoms with Crippen molar-refractivity contribution < 1.29 is 9.21 Å². The lowest BCUT2D eigenvalue weighted by Crippen LogP contribution is -2.42. The second kappa shape index (κ2) is 9.26. The van der Waals surface area contributed by atoms with Gasteiger partial charge >= 0.3 is 0 Å².